The molecule has 2 amide bonds. The molecule has 0 saturated heterocycles. The molecule has 7 nitrogen and oxygen atoms in total. The van der Waals surface area contributed by atoms with Gasteiger partial charge in [0.15, 0.2) is 18.1 Å². The van der Waals surface area contributed by atoms with Gasteiger partial charge in [-0.05, 0) is 79.9 Å². The van der Waals surface area contributed by atoms with Crippen LogP contribution in [0.5, 0.6) is 11.5 Å². The SMILES string of the molecule is CCOc1cc(/C=C(\C#N)C(=O)Nc2ccccc2Cl)cc(Cl)c1OCC(=O)Nc1ccc(C)c(C)c1. The van der Waals surface area contributed by atoms with Crippen molar-refractivity contribution in [2.24, 2.45) is 0 Å². The number of benzene rings is 3. The summed E-state index contributed by atoms with van der Waals surface area (Å²) in [5, 5.41) is 15.4. The normalized spacial score (nSPS) is 10.9. The van der Waals surface area contributed by atoms with E-state index >= 15 is 0 Å². The number of ether oxygens (including phenoxy) is 2. The van der Waals surface area contributed by atoms with Crippen molar-refractivity contribution >= 4 is 52.5 Å². The number of rotatable bonds is 9. The van der Waals surface area contributed by atoms with Crippen LogP contribution in [-0.2, 0) is 9.59 Å². The second-order valence-electron chi connectivity index (χ2n) is 8.00. The molecule has 3 rings (SSSR count). The lowest BCUT2D eigenvalue weighted by molar-refractivity contribution is -0.118. The van der Waals surface area contributed by atoms with E-state index in [9.17, 15) is 14.9 Å². The van der Waals surface area contributed by atoms with Gasteiger partial charge in [-0.15, -0.1) is 0 Å². The number of hydrogen-bond acceptors (Lipinski definition) is 5. The first-order valence-corrected chi connectivity index (χ1v) is 12.1. The number of amides is 2. The van der Waals surface area contributed by atoms with E-state index < -0.39 is 5.91 Å². The highest BCUT2D eigenvalue weighted by molar-refractivity contribution is 6.34. The zero-order valence-electron chi connectivity index (χ0n) is 20.5. The predicted octanol–water partition coefficient (Wildman–Crippen LogP) is 6.57. The molecule has 0 unspecified atom stereocenters. The highest BCUT2D eigenvalue weighted by Crippen LogP contribution is 2.37. The number of hydrogen-bond donors (Lipinski definition) is 2. The summed E-state index contributed by atoms with van der Waals surface area (Å²) >= 11 is 12.5. The molecule has 3 aromatic rings. The number of carbonyl (C=O) groups is 2. The number of anilines is 2. The minimum atomic E-state index is -0.631. The number of nitrogens with one attached hydrogen (secondary N) is 2. The first-order chi connectivity index (χ1) is 17.7. The van der Waals surface area contributed by atoms with Gasteiger partial charge >= 0.3 is 0 Å². The smallest absolute Gasteiger partial charge is 0.266 e. The highest BCUT2D eigenvalue weighted by atomic mass is 35.5. The summed E-state index contributed by atoms with van der Waals surface area (Å²) in [5.41, 5.74) is 3.49. The molecule has 3 aromatic carbocycles. The van der Waals surface area contributed by atoms with Crippen LogP contribution in [0.25, 0.3) is 6.08 Å². The zero-order chi connectivity index (χ0) is 26.9. The quantitative estimate of drug-likeness (QED) is 0.237. The number of nitriles is 1. The molecule has 0 aliphatic rings. The van der Waals surface area contributed by atoms with E-state index in [4.69, 9.17) is 32.7 Å². The van der Waals surface area contributed by atoms with E-state index in [2.05, 4.69) is 10.6 Å². The number of carbonyl (C=O) groups excluding carboxylic acids is 2. The van der Waals surface area contributed by atoms with E-state index in [1.807, 2.05) is 38.1 Å². The molecule has 190 valence electrons. The minimum Gasteiger partial charge on any atom is -0.490 e. The van der Waals surface area contributed by atoms with Crippen LogP contribution in [0.3, 0.4) is 0 Å². The van der Waals surface area contributed by atoms with Crippen molar-refractivity contribution in [3.8, 4) is 17.6 Å². The lowest BCUT2D eigenvalue weighted by Crippen LogP contribution is -2.20. The molecule has 0 aliphatic heterocycles. The Hall–Kier alpha value is -3.99. The maximum atomic E-state index is 12.6. The molecule has 0 atom stereocenters. The molecule has 0 spiro atoms. The van der Waals surface area contributed by atoms with Crippen molar-refractivity contribution in [2.75, 3.05) is 23.8 Å². The molecule has 9 heteroatoms. The number of nitrogens with zero attached hydrogens (tertiary/aromatic N) is 1. The summed E-state index contributed by atoms with van der Waals surface area (Å²) in [7, 11) is 0. The first-order valence-electron chi connectivity index (χ1n) is 11.4. The second kappa shape index (κ2) is 12.8. The molecule has 0 fully saturated rings. The molecule has 37 heavy (non-hydrogen) atoms. The average molecular weight is 538 g/mol. The molecule has 0 aliphatic carbocycles. The minimum absolute atomic E-state index is 0.153. The standard InChI is InChI=1S/C28H25Cl2N3O4/c1-4-36-25-14-19(12-20(15-31)28(35)33-24-8-6-5-7-22(24)29)13-23(30)27(25)37-16-26(34)32-21-10-9-17(2)18(3)11-21/h5-14H,4,16H2,1-3H3,(H,32,34)(H,33,35)/b20-12+. The molecular weight excluding hydrogens is 513 g/mol. The highest BCUT2D eigenvalue weighted by Gasteiger charge is 2.16. The number of para-hydroxylation sites is 1. The Morgan fingerprint density at radius 2 is 1.73 bits per heavy atom. The number of halogens is 2. The van der Waals surface area contributed by atoms with Gasteiger partial charge in [0.25, 0.3) is 11.8 Å². The van der Waals surface area contributed by atoms with Crippen LogP contribution >= 0.6 is 23.2 Å². The third-order valence-corrected chi connectivity index (χ3v) is 5.88. The maximum absolute atomic E-state index is 12.6. The molecule has 0 aromatic heterocycles. The fourth-order valence-corrected chi connectivity index (χ4v) is 3.75. The van der Waals surface area contributed by atoms with Gasteiger partial charge in [0.2, 0.25) is 0 Å². The molecule has 0 radical (unpaired) electrons. The third-order valence-electron chi connectivity index (χ3n) is 5.27. The summed E-state index contributed by atoms with van der Waals surface area (Å²) in [4.78, 5) is 25.1. The Kier molecular flexibility index (Phi) is 9.56. The van der Waals surface area contributed by atoms with E-state index in [0.717, 1.165) is 11.1 Å². The summed E-state index contributed by atoms with van der Waals surface area (Å²) in [6.07, 6.45) is 1.37. The number of aryl methyl sites for hydroxylation is 2. The lowest BCUT2D eigenvalue weighted by atomic mass is 10.1. The van der Waals surface area contributed by atoms with Crippen LogP contribution in [0.2, 0.25) is 10.0 Å². The van der Waals surface area contributed by atoms with Crippen LogP contribution in [-0.4, -0.2) is 25.0 Å². The Morgan fingerprint density at radius 3 is 2.41 bits per heavy atom. The zero-order valence-corrected chi connectivity index (χ0v) is 22.0. The second-order valence-corrected chi connectivity index (χ2v) is 8.82. The van der Waals surface area contributed by atoms with Crippen molar-refractivity contribution in [3.63, 3.8) is 0 Å². The Labute approximate surface area is 225 Å². The maximum Gasteiger partial charge on any atom is 0.266 e. The molecule has 0 saturated carbocycles. The fraction of sp³-hybridized carbons (Fsp3) is 0.179. The summed E-state index contributed by atoms with van der Waals surface area (Å²) in [6.45, 7) is 5.73. The lowest BCUT2D eigenvalue weighted by Gasteiger charge is -2.15. The topological polar surface area (TPSA) is 100 Å². The molecular formula is C28H25Cl2N3O4. The van der Waals surface area contributed by atoms with Crippen molar-refractivity contribution in [2.45, 2.75) is 20.8 Å². The van der Waals surface area contributed by atoms with Crippen molar-refractivity contribution in [1.29, 1.82) is 5.26 Å². The van der Waals surface area contributed by atoms with Gasteiger partial charge in [-0.1, -0.05) is 41.4 Å². The average Bonchev–Trinajstić information content (AvgIpc) is 2.85. The van der Waals surface area contributed by atoms with Crippen molar-refractivity contribution in [1.82, 2.24) is 0 Å². The van der Waals surface area contributed by atoms with Crippen molar-refractivity contribution in [3.05, 3.63) is 86.9 Å². The molecule has 0 bridgehead atoms. The van der Waals surface area contributed by atoms with E-state index in [1.54, 1.807) is 37.3 Å². The first kappa shape index (κ1) is 27.6. The Morgan fingerprint density at radius 1 is 0.973 bits per heavy atom. The third kappa shape index (κ3) is 7.50. The van der Waals surface area contributed by atoms with Crippen molar-refractivity contribution < 1.29 is 19.1 Å². The monoisotopic (exact) mass is 537 g/mol. The fourth-order valence-electron chi connectivity index (χ4n) is 3.30. The predicted molar refractivity (Wildman–Crippen MR) is 146 cm³/mol. The van der Waals surface area contributed by atoms with Crippen LogP contribution in [0, 0.1) is 25.2 Å². The van der Waals surface area contributed by atoms with Gasteiger partial charge in [-0.25, -0.2) is 0 Å². The van der Waals surface area contributed by atoms with Gasteiger partial charge in [0.05, 0.1) is 22.3 Å². The summed E-state index contributed by atoms with van der Waals surface area (Å²) in [6, 6.07) is 17.3. The van der Waals surface area contributed by atoms with E-state index in [0.29, 0.717) is 28.6 Å². The van der Waals surface area contributed by atoms with Gasteiger partial charge in [-0.2, -0.15) is 5.26 Å². The van der Waals surface area contributed by atoms with Gasteiger partial charge in [0.1, 0.15) is 11.6 Å². The van der Waals surface area contributed by atoms with Crippen LogP contribution in [0.1, 0.15) is 23.6 Å². The summed E-state index contributed by atoms with van der Waals surface area (Å²) in [5.74, 6) is -0.555. The largest absolute Gasteiger partial charge is 0.490 e. The van der Waals surface area contributed by atoms with Crippen LogP contribution in [0.15, 0.2) is 60.2 Å². The van der Waals surface area contributed by atoms with E-state index in [-0.39, 0.29) is 34.6 Å². The Bertz CT molecular complexity index is 1400. The molecule has 2 N–H and O–H groups in total. The van der Waals surface area contributed by atoms with Gasteiger partial charge in [0, 0.05) is 5.69 Å². The van der Waals surface area contributed by atoms with Gasteiger partial charge < -0.3 is 20.1 Å². The molecule has 0 heterocycles. The van der Waals surface area contributed by atoms with Crippen LogP contribution in [0.4, 0.5) is 11.4 Å². The van der Waals surface area contributed by atoms with Crippen LogP contribution < -0.4 is 20.1 Å². The van der Waals surface area contributed by atoms with E-state index in [1.165, 1.54) is 12.1 Å². The summed E-state index contributed by atoms with van der Waals surface area (Å²) < 4.78 is 11.3. The Balaban J connectivity index is 1.77. The van der Waals surface area contributed by atoms with Gasteiger partial charge in [-0.3, -0.25) is 9.59 Å².